The highest BCUT2D eigenvalue weighted by Gasteiger charge is 2.20. The molecule has 4 rings (SSSR count). The molecule has 0 saturated heterocycles. The molecule has 2 aromatic heterocycles. The van der Waals surface area contributed by atoms with Crippen LogP contribution in [0.15, 0.2) is 48.5 Å². The van der Waals surface area contributed by atoms with E-state index in [-0.39, 0.29) is 5.91 Å². The van der Waals surface area contributed by atoms with Gasteiger partial charge in [0.05, 0.1) is 18.0 Å². The minimum atomic E-state index is -0.0311. The Kier molecular flexibility index (Phi) is 7.20. The highest BCUT2D eigenvalue weighted by molar-refractivity contribution is 5.91. The number of nitrogens with zero attached hydrogens (tertiary/aromatic N) is 3. The van der Waals surface area contributed by atoms with E-state index in [4.69, 9.17) is 14.8 Å². The van der Waals surface area contributed by atoms with E-state index in [1.54, 1.807) is 0 Å². The van der Waals surface area contributed by atoms with Crippen molar-refractivity contribution in [3.8, 4) is 11.6 Å². The fourth-order valence-electron chi connectivity index (χ4n) is 4.44. The van der Waals surface area contributed by atoms with Crippen LogP contribution >= 0.6 is 0 Å². The highest BCUT2D eigenvalue weighted by atomic mass is 16.5. The van der Waals surface area contributed by atoms with Crippen molar-refractivity contribution in [2.45, 2.75) is 60.3 Å². The van der Waals surface area contributed by atoms with Crippen molar-refractivity contribution in [1.29, 1.82) is 0 Å². The van der Waals surface area contributed by atoms with Crippen LogP contribution < -0.4 is 10.1 Å². The second-order valence-corrected chi connectivity index (χ2v) is 9.31. The monoisotopic (exact) mass is 470 g/mol. The largest absolute Gasteiger partial charge is 0.478 e. The summed E-state index contributed by atoms with van der Waals surface area (Å²) in [6.45, 7) is 12.9. The Bertz CT molecular complexity index is 1350. The molecule has 0 radical (unpaired) electrons. The lowest BCUT2D eigenvalue weighted by Gasteiger charge is -2.14. The van der Waals surface area contributed by atoms with E-state index in [0.29, 0.717) is 31.2 Å². The number of benzene rings is 2. The second-order valence-electron chi connectivity index (χ2n) is 9.31. The molecule has 0 saturated carbocycles. The lowest BCUT2D eigenvalue weighted by Crippen LogP contribution is -2.13. The minimum absolute atomic E-state index is 0.0311. The first-order valence-electron chi connectivity index (χ1n) is 12.3. The van der Waals surface area contributed by atoms with Gasteiger partial charge in [-0.1, -0.05) is 38.1 Å². The Morgan fingerprint density at radius 3 is 2.49 bits per heavy atom. The smallest absolute Gasteiger partial charge is 0.224 e. The van der Waals surface area contributed by atoms with Crippen molar-refractivity contribution in [3.63, 3.8) is 0 Å². The molecule has 0 bridgehead atoms. The normalized spacial score (nSPS) is 11.3. The Balaban J connectivity index is 1.62. The number of pyridine rings is 1. The zero-order valence-corrected chi connectivity index (χ0v) is 21.5. The van der Waals surface area contributed by atoms with E-state index in [1.165, 1.54) is 5.56 Å². The Morgan fingerprint density at radius 2 is 1.83 bits per heavy atom. The number of fused-ring (bicyclic) bond motifs is 1. The first kappa shape index (κ1) is 24.5. The summed E-state index contributed by atoms with van der Waals surface area (Å²) in [5.41, 5.74) is 7.88. The third-order valence-electron chi connectivity index (χ3n) is 6.32. The van der Waals surface area contributed by atoms with Crippen molar-refractivity contribution in [1.82, 2.24) is 14.8 Å². The number of hydrogen-bond acceptors (Lipinski definition) is 4. The van der Waals surface area contributed by atoms with Gasteiger partial charge in [-0.25, -0.2) is 4.68 Å². The average Bonchev–Trinajstić information content (AvgIpc) is 3.15. The van der Waals surface area contributed by atoms with Crippen LogP contribution in [0.2, 0.25) is 0 Å². The number of aryl methyl sites for hydroxylation is 3. The SMILES string of the molecule is CCOc1nc2c(c(C)nn2-c2cccc(C)c2)c(C)c1CCC(=O)Nc1ccc(C(C)C)cc1. The van der Waals surface area contributed by atoms with Gasteiger partial charge >= 0.3 is 0 Å². The molecule has 4 aromatic rings. The number of carbonyl (C=O) groups is 1. The van der Waals surface area contributed by atoms with Crippen LogP contribution in [0.3, 0.4) is 0 Å². The molecule has 0 aliphatic heterocycles. The van der Waals surface area contributed by atoms with Gasteiger partial charge in [0.2, 0.25) is 11.8 Å². The van der Waals surface area contributed by atoms with Gasteiger partial charge in [-0.15, -0.1) is 0 Å². The molecule has 0 spiro atoms. The van der Waals surface area contributed by atoms with Crippen LogP contribution in [0, 0.1) is 20.8 Å². The molecule has 2 aromatic carbocycles. The maximum absolute atomic E-state index is 12.7. The summed E-state index contributed by atoms with van der Waals surface area (Å²) in [6.07, 6.45) is 0.875. The van der Waals surface area contributed by atoms with Gasteiger partial charge in [0.25, 0.3) is 0 Å². The molecular weight excluding hydrogens is 436 g/mol. The van der Waals surface area contributed by atoms with Crippen LogP contribution in [0.4, 0.5) is 5.69 Å². The van der Waals surface area contributed by atoms with E-state index in [2.05, 4.69) is 57.3 Å². The predicted octanol–water partition coefficient (Wildman–Crippen LogP) is 6.44. The molecule has 1 N–H and O–H groups in total. The molecular formula is C29H34N4O2. The van der Waals surface area contributed by atoms with Gasteiger partial charge in [0.1, 0.15) is 0 Å². The van der Waals surface area contributed by atoms with E-state index in [0.717, 1.165) is 44.8 Å². The third kappa shape index (κ3) is 5.21. The summed E-state index contributed by atoms with van der Waals surface area (Å²) in [5.74, 6) is 0.998. The highest BCUT2D eigenvalue weighted by Crippen LogP contribution is 2.32. The van der Waals surface area contributed by atoms with E-state index in [1.807, 2.05) is 42.8 Å². The summed E-state index contributed by atoms with van der Waals surface area (Å²) in [4.78, 5) is 17.6. The van der Waals surface area contributed by atoms with Crippen molar-refractivity contribution in [2.24, 2.45) is 0 Å². The number of carbonyl (C=O) groups excluding carboxylic acids is 1. The fraction of sp³-hybridized carbons (Fsp3) is 0.345. The molecule has 0 fully saturated rings. The molecule has 182 valence electrons. The Morgan fingerprint density at radius 1 is 1.09 bits per heavy atom. The molecule has 0 unspecified atom stereocenters. The van der Waals surface area contributed by atoms with Gasteiger partial charge < -0.3 is 10.1 Å². The summed E-state index contributed by atoms with van der Waals surface area (Å²) in [7, 11) is 0. The van der Waals surface area contributed by atoms with Crippen molar-refractivity contribution in [2.75, 3.05) is 11.9 Å². The zero-order chi connectivity index (χ0) is 25.1. The predicted molar refractivity (Wildman–Crippen MR) is 142 cm³/mol. The lowest BCUT2D eigenvalue weighted by atomic mass is 10.0. The molecule has 0 aliphatic carbocycles. The molecule has 2 heterocycles. The maximum atomic E-state index is 12.7. The second kappa shape index (κ2) is 10.3. The standard InChI is InChI=1S/C29H34N4O2/c1-7-35-29-25(15-16-26(34)30-23-13-11-22(12-14-23)18(2)3)20(5)27-21(6)32-33(28(27)31-29)24-10-8-9-19(4)17-24/h8-14,17-18H,7,15-16H2,1-6H3,(H,30,34). The van der Waals surface area contributed by atoms with Crippen molar-refractivity contribution in [3.05, 3.63) is 76.5 Å². The third-order valence-corrected chi connectivity index (χ3v) is 6.32. The molecule has 0 atom stereocenters. The maximum Gasteiger partial charge on any atom is 0.224 e. The van der Waals surface area contributed by atoms with E-state index < -0.39 is 0 Å². The van der Waals surface area contributed by atoms with Gasteiger partial charge in [-0.2, -0.15) is 10.1 Å². The van der Waals surface area contributed by atoms with Gasteiger partial charge in [-0.3, -0.25) is 4.79 Å². The van der Waals surface area contributed by atoms with Crippen LogP contribution in [-0.4, -0.2) is 27.3 Å². The number of aromatic nitrogens is 3. The number of rotatable bonds is 8. The zero-order valence-electron chi connectivity index (χ0n) is 21.5. The minimum Gasteiger partial charge on any atom is -0.478 e. The Hall–Kier alpha value is -3.67. The summed E-state index contributed by atoms with van der Waals surface area (Å²) in [6, 6.07) is 16.2. The quantitative estimate of drug-likeness (QED) is 0.322. The summed E-state index contributed by atoms with van der Waals surface area (Å²) >= 11 is 0. The van der Waals surface area contributed by atoms with Gasteiger partial charge in [0.15, 0.2) is 5.65 Å². The first-order chi connectivity index (χ1) is 16.8. The molecule has 1 amide bonds. The van der Waals surface area contributed by atoms with Gasteiger partial charge in [-0.05, 0) is 81.0 Å². The van der Waals surface area contributed by atoms with Crippen molar-refractivity contribution < 1.29 is 9.53 Å². The topological polar surface area (TPSA) is 69.0 Å². The molecule has 35 heavy (non-hydrogen) atoms. The summed E-state index contributed by atoms with van der Waals surface area (Å²) in [5, 5.41) is 8.82. The van der Waals surface area contributed by atoms with Crippen LogP contribution in [0.1, 0.15) is 61.1 Å². The molecule has 0 aliphatic rings. The Labute approximate surface area is 207 Å². The van der Waals surface area contributed by atoms with Crippen LogP contribution in [0.25, 0.3) is 16.7 Å². The number of anilines is 1. The van der Waals surface area contributed by atoms with E-state index >= 15 is 0 Å². The summed E-state index contributed by atoms with van der Waals surface area (Å²) < 4.78 is 7.83. The first-order valence-corrected chi connectivity index (χ1v) is 12.3. The molecule has 6 heteroatoms. The molecule has 6 nitrogen and oxygen atoms in total. The number of hydrogen-bond donors (Lipinski definition) is 1. The fourth-order valence-corrected chi connectivity index (χ4v) is 4.44. The van der Waals surface area contributed by atoms with Gasteiger partial charge in [0, 0.05) is 23.1 Å². The number of amides is 1. The number of ether oxygens (including phenoxy) is 1. The lowest BCUT2D eigenvalue weighted by molar-refractivity contribution is -0.116. The van der Waals surface area contributed by atoms with Crippen molar-refractivity contribution >= 4 is 22.6 Å². The van der Waals surface area contributed by atoms with Crippen LogP contribution in [-0.2, 0) is 11.2 Å². The van der Waals surface area contributed by atoms with E-state index in [9.17, 15) is 4.79 Å². The average molecular weight is 471 g/mol. The van der Waals surface area contributed by atoms with Crippen LogP contribution in [0.5, 0.6) is 5.88 Å². The number of nitrogens with one attached hydrogen (secondary N) is 1.